The van der Waals surface area contributed by atoms with Crippen molar-refractivity contribution >= 4 is 101 Å². The molecule has 0 fully saturated rings. The Kier molecular flexibility index (Phi) is 26.4. The van der Waals surface area contributed by atoms with E-state index in [0.29, 0.717) is 46.3 Å². The van der Waals surface area contributed by atoms with Gasteiger partial charge in [0.1, 0.15) is 23.9 Å². The van der Waals surface area contributed by atoms with Gasteiger partial charge in [0.15, 0.2) is 0 Å². The normalized spacial score (nSPS) is 9.15. The van der Waals surface area contributed by atoms with E-state index in [2.05, 4.69) is 89.9 Å². The van der Waals surface area contributed by atoms with Crippen molar-refractivity contribution < 1.29 is 14.6 Å². The maximum Gasteiger partial charge on any atom is 0.369 e. The molecule has 0 aliphatic rings. The lowest BCUT2D eigenvalue weighted by atomic mass is 10.2. The molecular formula is C39H33BBr4Cl3N3O3. The maximum atomic E-state index is 9.09. The molecule has 5 aromatic rings. The van der Waals surface area contributed by atoms with Crippen LogP contribution < -0.4 is 9.47 Å². The molecule has 274 valence electrons. The average molecular weight is 1030 g/mol. The molecule has 0 saturated carbocycles. The van der Waals surface area contributed by atoms with Crippen molar-refractivity contribution in [2.24, 2.45) is 0 Å². The van der Waals surface area contributed by atoms with Crippen molar-refractivity contribution in [1.82, 2.24) is 0 Å². The largest absolute Gasteiger partial charge is 0.506 e. The van der Waals surface area contributed by atoms with Gasteiger partial charge in [-0.3, -0.25) is 0 Å². The van der Waals surface area contributed by atoms with Gasteiger partial charge >= 0.3 is 3.18 Å². The summed E-state index contributed by atoms with van der Waals surface area (Å²) in [6.07, 6.45) is 0. The standard InChI is InChI=1S/C15H12ClNO.C9H8ClNO.C8H6ClNO.C7H7Br.BBr3/c1-17-10-13-7-8-14(16)15(9-13)18-11-12-5-3-2-4-6-12;1-11-6-7-3-4-8(10)9(5-7)12-2;1-10-5-6-2-3-7(9)8(11)4-6;8-6-7-4-2-1-3-5-7;2-1(3)4/h2-9H,10-11H2;3-5H,6H2,2H3;2-4,11H,5H2;1-5H,6H2;. The number of phenols is 1. The van der Waals surface area contributed by atoms with Crippen molar-refractivity contribution in [2.75, 3.05) is 7.11 Å². The number of alkyl halides is 1. The van der Waals surface area contributed by atoms with Crippen LogP contribution in [-0.2, 0) is 31.6 Å². The summed E-state index contributed by atoms with van der Waals surface area (Å²) in [6.45, 7) is 21.6. The number of hydrogen-bond acceptors (Lipinski definition) is 3. The van der Waals surface area contributed by atoms with Crippen LogP contribution in [0.3, 0.4) is 0 Å². The first-order chi connectivity index (χ1) is 25.5. The molecule has 0 atom stereocenters. The van der Waals surface area contributed by atoms with Crippen molar-refractivity contribution in [3.05, 3.63) is 192 Å². The molecule has 0 aliphatic carbocycles. The molecule has 0 aliphatic heterocycles. The second-order valence-electron chi connectivity index (χ2n) is 10.1. The Bertz CT molecular complexity index is 1920. The molecule has 14 heteroatoms. The van der Waals surface area contributed by atoms with Gasteiger partial charge in [0.05, 0.1) is 22.2 Å². The van der Waals surface area contributed by atoms with Crippen LogP contribution in [0.4, 0.5) is 0 Å². The minimum Gasteiger partial charge on any atom is -0.506 e. The predicted octanol–water partition coefficient (Wildman–Crippen LogP) is 14.3. The fourth-order valence-corrected chi connectivity index (χ4v) is 4.65. The zero-order chi connectivity index (χ0) is 39.4. The zero-order valence-electron chi connectivity index (χ0n) is 28.3. The Hall–Kier alpha value is -3.18. The van der Waals surface area contributed by atoms with Crippen LogP contribution in [0.25, 0.3) is 14.5 Å². The van der Waals surface area contributed by atoms with Gasteiger partial charge in [0.2, 0.25) is 19.6 Å². The van der Waals surface area contributed by atoms with Crippen LogP contribution >= 0.6 is 98.0 Å². The van der Waals surface area contributed by atoms with Gasteiger partial charge < -0.3 is 29.1 Å². The van der Waals surface area contributed by atoms with E-state index in [0.717, 1.165) is 27.6 Å². The molecule has 0 spiro atoms. The number of aromatic hydroxyl groups is 1. The molecular weight excluding hydrogens is 995 g/mol. The topological polar surface area (TPSA) is 51.8 Å². The fraction of sp³-hybridized carbons (Fsp3) is 0.154. The van der Waals surface area contributed by atoms with Crippen LogP contribution in [0, 0.1) is 19.7 Å². The molecule has 5 aromatic carbocycles. The summed E-state index contributed by atoms with van der Waals surface area (Å²) < 4.78 is 10.9. The van der Waals surface area contributed by atoms with Crippen molar-refractivity contribution in [2.45, 2.75) is 31.6 Å². The third-order valence-corrected chi connectivity index (χ3v) is 7.83. The van der Waals surface area contributed by atoms with Crippen LogP contribution in [0.5, 0.6) is 17.2 Å². The molecule has 0 amide bonds. The summed E-state index contributed by atoms with van der Waals surface area (Å²) in [5.74, 6) is 1.28. The van der Waals surface area contributed by atoms with Gasteiger partial charge in [0, 0.05) is 22.0 Å². The van der Waals surface area contributed by atoms with E-state index in [1.54, 1.807) is 37.4 Å². The van der Waals surface area contributed by atoms with Crippen LogP contribution in [0.2, 0.25) is 15.1 Å². The summed E-state index contributed by atoms with van der Waals surface area (Å²) in [4.78, 5) is 9.78. The zero-order valence-corrected chi connectivity index (χ0v) is 36.9. The Morgan fingerprint density at radius 2 is 0.981 bits per heavy atom. The van der Waals surface area contributed by atoms with Crippen molar-refractivity contribution in [1.29, 1.82) is 0 Å². The Morgan fingerprint density at radius 3 is 1.38 bits per heavy atom. The summed E-state index contributed by atoms with van der Waals surface area (Å²) in [6, 6.07) is 35.7. The minimum atomic E-state index is 0.0350. The molecule has 6 nitrogen and oxygen atoms in total. The highest BCUT2D eigenvalue weighted by molar-refractivity contribution is 9.69. The smallest absolute Gasteiger partial charge is 0.369 e. The third kappa shape index (κ3) is 22.0. The lowest BCUT2D eigenvalue weighted by Crippen LogP contribution is -1.96. The number of hydrogen-bond donors (Lipinski definition) is 1. The second kappa shape index (κ2) is 29.2. The van der Waals surface area contributed by atoms with Crippen LogP contribution in [0.1, 0.15) is 27.8 Å². The number of methoxy groups -OCH3 is 1. The lowest BCUT2D eigenvalue weighted by Gasteiger charge is -2.08. The van der Waals surface area contributed by atoms with Gasteiger partial charge in [-0.05, 0) is 65.7 Å². The highest BCUT2D eigenvalue weighted by Crippen LogP contribution is 2.27. The molecule has 1 N–H and O–H groups in total. The van der Waals surface area contributed by atoms with Gasteiger partial charge in [0.25, 0.3) is 0 Å². The number of ether oxygens (including phenoxy) is 2. The Balaban J connectivity index is 0.000000354. The summed E-state index contributed by atoms with van der Waals surface area (Å²) in [7, 11) is 1.56. The SMILES string of the molecule is BrB(Br)Br.BrCc1ccccc1.[C-]#[N+]Cc1ccc(Cl)c(O)c1.[C-]#[N+]Cc1ccc(Cl)c(OC)c1.[C-]#[N+]Cc1ccc(Cl)c(OCc2ccccc2)c1. The van der Waals surface area contributed by atoms with E-state index in [1.165, 1.54) is 11.6 Å². The van der Waals surface area contributed by atoms with E-state index < -0.39 is 0 Å². The van der Waals surface area contributed by atoms with Crippen LogP contribution in [-0.4, -0.2) is 15.4 Å². The highest BCUT2D eigenvalue weighted by Gasteiger charge is 2.06. The van der Waals surface area contributed by atoms with Gasteiger partial charge in [-0.2, -0.15) is 0 Å². The number of nitrogens with zero attached hydrogens (tertiary/aromatic N) is 3. The number of phenolic OH excluding ortho intramolecular Hbond substituents is 1. The molecule has 0 aromatic heterocycles. The fourth-order valence-electron chi connectivity index (χ4n) is 3.79. The molecule has 0 unspecified atom stereocenters. The summed E-state index contributed by atoms with van der Waals surface area (Å²) >= 11 is 30.1. The lowest BCUT2D eigenvalue weighted by molar-refractivity contribution is 0.306. The first-order valence-electron chi connectivity index (χ1n) is 15.2. The molecule has 5 rings (SSSR count). The quantitative estimate of drug-likeness (QED) is 0.0957. The molecule has 0 radical (unpaired) electrons. The summed E-state index contributed by atoms with van der Waals surface area (Å²) in [5, 5.41) is 11.5. The van der Waals surface area contributed by atoms with Gasteiger partial charge in [-0.25, -0.2) is 19.7 Å². The summed E-state index contributed by atoms with van der Waals surface area (Å²) in [5.41, 5.74) is 5.03. The highest BCUT2D eigenvalue weighted by atomic mass is 79.9. The third-order valence-electron chi connectivity index (χ3n) is 6.24. The molecule has 0 bridgehead atoms. The van der Waals surface area contributed by atoms with E-state index in [9.17, 15) is 0 Å². The number of benzene rings is 5. The monoisotopic (exact) mass is 1020 g/mol. The first-order valence-corrected chi connectivity index (χ1v) is 20.2. The van der Waals surface area contributed by atoms with E-state index >= 15 is 0 Å². The van der Waals surface area contributed by atoms with E-state index in [4.69, 9.17) is 69.1 Å². The predicted molar refractivity (Wildman–Crippen MR) is 236 cm³/mol. The number of halogens is 7. The van der Waals surface area contributed by atoms with Gasteiger partial charge in [-0.15, -0.1) is 47.3 Å². The van der Waals surface area contributed by atoms with E-state index in [-0.39, 0.29) is 15.5 Å². The Labute approximate surface area is 361 Å². The molecule has 0 saturated heterocycles. The van der Waals surface area contributed by atoms with E-state index in [1.807, 2.05) is 66.7 Å². The average Bonchev–Trinajstić information content (AvgIpc) is 3.16. The van der Waals surface area contributed by atoms with Crippen molar-refractivity contribution in [3.8, 4) is 17.2 Å². The van der Waals surface area contributed by atoms with Crippen molar-refractivity contribution in [3.63, 3.8) is 0 Å². The second-order valence-corrected chi connectivity index (χ2v) is 18.3. The Morgan fingerprint density at radius 1 is 0.585 bits per heavy atom. The number of rotatable bonds is 8. The van der Waals surface area contributed by atoms with Gasteiger partial charge in [-0.1, -0.05) is 111 Å². The molecule has 0 heterocycles. The maximum absolute atomic E-state index is 9.09. The van der Waals surface area contributed by atoms with Crippen LogP contribution in [0.15, 0.2) is 115 Å². The molecule has 53 heavy (non-hydrogen) atoms. The first kappa shape index (κ1) is 47.8. The minimum absolute atomic E-state index is 0.0350.